The van der Waals surface area contributed by atoms with Crippen LogP contribution < -0.4 is 15.9 Å². The minimum Gasteiger partial charge on any atom is -0.121 e. The molecule has 0 aliphatic rings. The van der Waals surface area contributed by atoms with Crippen LogP contribution in [0.15, 0.2) is 108 Å². The molecule has 1 unspecified atom stereocenters. The maximum Gasteiger partial charge on any atom is 0.0238 e. The molecule has 0 saturated carbocycles. The van der Waals surface area contributed by atoms with Gasteiger partial charge < -0.3 is 0 Å². The van der Waals surface area contributed by atoms with Gasteiger partial charge in [0.15, 0.2) is 0 Å². The van der Waals surface area contributed by atoms with Crippen molar-refractivity contribution < 1.29 is 0 Å². The predicted octanol–water partition coefficient (Wildman–Crippen LogP) is 6.35. The van der Waals surface area contributed by atoms with Gasteiger partial charge in [-0.15, -0.1) is 11.8 Å². The Morgan fingerprint density at radius 1 is 0.621 bits per heavy atom. The Morgan fingerprint density at radius 2 is 1.21 bits per heavy atom. The van der Waals surface area contributed by atoms with Crippen LogP contribution in [0.2, 0.25) is 0 Å². The summed E-state index contributed by atoms with van der Waals surface area (Å²) in [7, 11) is -0.593. The Kier molecular flexibility index (Phi) is 6.49. The number of rotatable bonds is 6. The maximum absolute atomic E-state index is 2.37. The van der Waals surface area contributed by atoms with Crippen molar-refractivity contribution in [3.8, 4) is 0 Å². The van der Waals surface area contributed by atoms with Gasteiger partial charge in [0.25, 0.3) is 0 Å². The fourth-order valence-electron chi connectivity index (χ4n) is 3.61. The maximum atomic E-state index is 2.37. The van der Waals surface area contributed by atoms with E-state index in [0.717, 1.165) is 5.75 Å². The first-order chi connectivity index (χ1) is 14.2. The molecular formula is C27H25PS. The lowest BCUT2D eigenvalue weighted by atomic mass is 10.2. The van der Waals surface area contributed by atoms with Gasteiger partial charge in [0.05, 0.1) is 0 Å². The van der Waals surface area contributed by atoms with Gasteiger partial charge in [0.1, 0.15) is 0 Å². The van der Waals surface area contributed by atoms with Crippen molar-refractivity contribution in [2.75, 3.05) is 0 Å². The van der Waals surface area contributed by atoms with E-state index in [1.165, 1.54) is 37.5 Å². The van der Waals surface area contributed by atoms with E-state index in [2.05, 4.69) is 117 Å². The summed E-state index contributed by atoms with van der Waals surface area (Å²) >= 11 is 1.91. The minimum atomic E-state index is -0.593. The fraction of sp³-hybridized carbons (Fsp3) is 0.111. The first-order valence-electron chi connectivity index (χ1n) is 9.90. The van der Waals surface area contributed by atoms with E-state index < -0.39 is 7.92 Å². The Balaban J connectivity index is 1.77. The molecule has 29 heavy (non-hydrogen) atoms. The van der Waals surface area contributed by atoms with Gasteiger partial charge in [-0.1, -0.05) is 102 Å². The summed E-state index contributed by atoms with van der Waals surface area (Å²) in [5.41, 5.74) is 4.09. The second kappa shape index (κ2) is 9.44. The normalized spacial score (nSPS) is 11.9. The van der Waals surface area contributed by atoms with Gasteiger partial charge in [-0.05, 0) is 55.4 Å². The molecule has 0 N–H and O–H groups in total. The molecule has 0 amide bonds. The van der Waals surface area contributed by atoms with E-state index in [1.54, 1.807) is 0 Å². The molecule has 4 rings (SSSR count). The van der Waals surface area contributed by atoms with Crippen LogP contribution in [0.4, 0.5) is 0 Å². The predicted molar refractivity (Wildman–Crippen MR) is 131 cm³/mol. The molecule has 0 saturated heterocycles. The summed E-state index contributed by atoms with van der Waals surface area (Å²) < 4.78 is 0. The van der Waals surface area contributed by atoms with E-state index in [-0.39, 0.29) is 0 Å². The van der Waals surface area contributed by atoms with Crippen molar-refractivity contribution >= 4 is 35.6 Å². The number of benzene rings is 4. The lowest BCUT2D eigenvalue weighted by Gasteiger charge is -2.23. The van der Waals surface area contributed by atoms with Crippen LogP contribution in [-0.2, 0) is 5.75 Å². The molecule has 2 heteroatoms. The van der Waals surface area contributed by atoms with Gasteiger partial charge in [0.2, 0.25) is 0 Å². The Bertz CT molecular complexity index is 1050. The molecule has 4 aromatic carbocycles. The van der Waals surface area contributed by atoms with Crippen LogP contribution in [0.1, 0.15) is 16.7 Å². The zero-order valence-corrected chi connectivity index (χ0v) is 18.6. The largest absolute Gasteiger partial charge is 0.121 e. The zero-order chi connectivity index (χ0) is 20.1. The summed E-state index contributed by atoms with van der Waals surface area (Å²) in [5, 5.41) is 4.30. The van der Waals surface area contributed by atoms with Gasteiger partial charge in [-0.25, -0.2) is 0 Å². The Hall–Kier alpha value is -2.34. The third-order valence-electron chi connectivity index (χ3n) is 4.85. The number of hydrogen-bond acceptors (Lipinski definition) is 1. The molecule has 1 atom stereocenters. The fourth-order valence-corrected chi connectivity index (χ4v) is 7.31. The molecule has 0 radical (unpaired) electrons. The van der Waals surface area contributed by atoms with Crippen LogP contribution in [0, 0.1) is 13.8 Å². The van der Waals surface area contributed by atoms with Gasteiger partial charge in [-0.2, -0.15) is 0 Å². The number of hydrogen-bond donors (Lipinski definition) is 0. The van der Waals surface area contributed by atoms with Gasteiger partial charge in [0, 0.05) is 10.6 Å². The molecule has 0 spiro atoms. The highest BCUT2D eigenvalue weighted by molar-refractivity contribution is 7.98. The molecule has 0 aliphatic heterocycles. The minimum absolute atomic E-state index is 0.593. The van der Waals surface area contributed by atoms with Crippen molar-refractivity contribution in [3.05, 3.63) is 120 Å². The van der Waals surface area contributed by atoms with E-state index in [1.807, 2.05) is 11.8 Å². The van der Waals surface area contributed by atoms with Crippen LogP contribution in [-0.4, -0.2) is 0 Å². The molecule has 0 aliphatic carbocycles. The highest BCUT2D eigenvalue weighted by Crippen LogP contribution is 2.36. The van der Waals surface area contributed by atoms with Crippen molar-refractivity contribution in [3.63, 3.8) is 0 Å². The van der Waals surface area contributed by atoms with Crippen molar-refractivity contribution in [2.24, 2.45) is 0 Å². The lowest BCUT2D eigenvalue weighted by molar-refractivity contribution is 1.40. The first-order valence-corrected chi connectivity index (χ1v) is 12.2. The first kappa shape index (κ1) is 20.0. The Morgan fingerprint density at radius 3 is 1.90 bits per heavy atom. The molecular weight excluding hydrogens is 387 g/mol. The molecule has 0 heterocycles. The van der Waals surface area contributed by atoms with Gasteiger partial charge in [-0.3, -0.25) is 0 Å². The zero-order valence-electron chi connectivity index (χ0n) is 16.9. The van der Waals surface area contributed by atoms with Gasteiger partial charge >= 0.3 is 0 Å². The smallest absolute Gasteiger partial charge is 0.0238 e. The second-order valence-electron chi connectivity index (χ2n) is 7.25. The average molecular weight is 413 g/mol. The van der Waals surface area contributed by atoms with Crippen molar-refractivity contribution in [1.29, 1.82) is 0 Å². The van der Waals surface area contributed by atoms with Crippen LogP contribution in [0.25, 0.3) is 0 Å². The monoisotopic (exact) mass is 412 g/mol. The van der Waals surface area contributed by atoms with E-state index in [0.29, 0.717) is 0 Å². The molecule has 0 nitrogen and oxygen atoms in total. The van der Waals surface area contributed by atoms with Crippen LogP contribution in [0.3, 0.4) is 0 Å². The number of thioether (sulfide) groups is 1. The molecule has 0 aromatic heterocycles. The summed E-state index contributed by atoms with van der Waals surface area (Å²) in [5.74, 6) is 0.983. The molecule has 144 valence electrons. The molecule has 4 aromatic rings. The second-order valence-corrected chi connectivity index (χ2v) is 10.5. The summed E-state index contributed by atoms with van der Waals surface area (Å²) in [4.78, 5) is 1.32. The van der Waals surface area contributed by atoms with Crippen molar-refractivity contribution in [1.82, 2.24) is 0 Å². The Labute approximate surface area is 179 Å². The quantitative estimate of drug-likeness (QED) is 0.262. The van der Waals surface area contributed by atoms with Crippen LogP contribution >= 0.6 is 19.7 Å². The third kappa shape index (κ3) is 4.99. The standard InChI is InChI=1S/C27H25PS/c1-21-17-22(2)19-25(18-21)28(24-12-5-3-6-13-24)27-16-10-9-11-23(27)20-29-26-14-7-4-8-15-26/h3-19H,20H2,1-2H3. The highest BCUT2D eigenvalue weighted by Gasteiger charge is 2.20. The number of aryl methyl sites for hydroxylation is 2. The van der Waals surface area contributed by atoms with E-state index in [4.69, 9.17) is 0 Å². The molecule has 0 fully saturated rings. The van der Waals surface area contributed by atoms with E-state index in [9.17, 15) is 0 Å². The van der Waals surface area contributed by atoms with E-state index >= 15 is 0 Å². The van der Waals surface area contributed by atoms with Crippen LogP contribution in [0.5, 0.6) is 0 Å². The summed E-state index contributed by atoms with van der Waals surface area (Å²) in [6, 6.07) is 37.7. The third-order valence-corrected chi connectivity index (χ3v) is 8.42. The van der Waals surface area contributed by atoms with Crippen molar-refractivity contribution in [2.45, 2.75) is 24.5 Å². The summed E-state index contributed by atoms with van der Waals surface area (Å²) in [6.07, 6.45) is 0. The highest BCUT2D eigenvalue weighted by atomic mass is 32.2. The molecule has 0 bridgehead atoms. The average Bonchev–Trinajstić information content (AvgIpc) is 2.74. The lowest BCUT2D eigenvalue weighted by Crippen LogP contribution is -2.23. The topological polar surface area (TPSA) is 0 Å². The summed E-state index contributed by atoms with van der Waals surface area (Å²) in [6.45, 7) is 4.40. The SMILES string of the molecule is Cc1cc(C)cc(P(c2ccccc2)c2ccccc2CSc2ccccc2)c1.